The Kier molecular flexibility index (Phi) is 5.56. The van der Waals surface area contributed by atoms with Crippen molar-refractivity contribution in [2.24, 2.45) is 5.16 Å². The third kappa shape index (κ3) is 3.96. The van der Waals surface area contributed by atoms with Crippen molar-refractivity contribution in [3.8, 4) is 12.3 Å². The smallest absolute Gasteiger partial charge is 0.177 e. The van der Waals surface area contributed by atoms with Crippen LogP contribution in [-0.2, 0) is 4.84 Å². The second-order valence-corrected chi connectivity index (χ2v) is 1.84. The van der Waals surface area contributed by atoms with E-state index in [1.807, 2.05) is 13.8 Å². The van der Waals surface area contributed by atoms with Gasteiger partial charge < -0.3 is 4.84 Å². The molecule has 0 atom stereocenters. The second kappa shape index (κ2) is 6.15. The SMILES string of the molecule is C#CCON=C(CC)CC. The number of terminal acetylenes is 1. The van der Waals surface area contributed by atoms with Crippen LogP contribution in [0.5, 0.6) is 0 Å². The minimum atomic E-state index is 0.267. The van der Waals surface area contributed by atoms with Crippen LogP contribution in [0.1, 0.15) is 26.7 Å². The number of nitrogens with zero attached hydrogens (tertiary/aromatic N) is 1. The molecule has 0 bridgehead atoms. The lowest BCUT2D eigenvalue weighted by Crippen LogP contribution is -1.95. The first-order valence-electron chi connectivity index (χ1n) is 3.46. The maximum absolute atomic E-state index is 4.95. The Hall–Kier alpha value is -0.970. The lowest BCUT2D eigenvalue weighted by Gasteiger charge is -1.96. The van der Waals surface area contributed by atoms with E-state index in [0.29, 0.717) is 0 Å². The van der Waals surface area contributed by atoms with Gasteiger partial charge in [-0.25, -0.2) is 0 Å². The van der Waals surface area contributed by atoms with Crippen LogP contribution in [0.4, 0.5) is 0 Å². The van der Waals surface area contributed by atoms with E-state index in [2.05, 4.69) is 11.1 Å². The van der Waals surface area contributed by atoms with Crippen LogP contribution in [0, 0.1) is 12.3 Å². The average Bonchev–Trinajstić information content (AvgIpc) is 1.99. The van der Waals surface area contributed by atoms with Crippen molar-refractivity contribution in [2.75, 3.05) is 6.61 Å². The summed E-state index contributed by atoms with van der Waals surface area (Å²) in [6, 6.07) is 0. The first-order valence-corrected chi connectivity index (χ1v) is 3.46. The molecule has 0 aliphatic rings. The monoisotopic (exact) mass is 139 g/mol. The van der Waals surface area contributed by atoms with E-state index >= 15 is 0 Å². The van der Waals surface area contributed by atoms with Crippen LogP contribution in [0.15, 0.2) is 5.16 Å². The summed E-state index contributed by atoms with van der Waals surface area (Å²) >= 11 is 0. The molecule has 0 aromatic carbocycles. The molecular formula is C8H13NO. The Bertz CT molecular complexity index is 138. The number of hydrogen-bond donors (Lipinski definition) is 0. The van der Waals surface area contributed by atoms with E-state index < -0.39 is 0 Å². The number of rotatable bonds is 4. The van der Waals surface area contributed by atoms with Gasteiger partial charge in [0.2, 0.25) is 0 Å². The van der Waals surface area contributed by atoms with Gasteiger partial charge in [0, 0.05) is 0 Å². The van der Waals surface area contributed by atoms with Crippen LogP contribution in [0.2, 0.25) is 0 Å². The standard InChI is InChI=1S/C8H13NO/c1-4-7-10-9-8(5-2)6-3/h1H,5-7H2,2-3H3. The Morgan fingerprint density at radius 2 is 2.10 bits per heavy atom. The predicted octanol–water partition coefficient (Wildman–Crippen LogP) is 1.81. The van der Waals surface area contributed by atoms with Crippen LogP contribution < -0.4 is 0 Å². The van der Waals surface area contributed by atoms with Gasteiger partial charge >= 0.3 is 0 Å². The van der Waals surface area contributed by atoms with Gasteiger partial charge in [0.25, 0.3) is 0 Å². The minimum Gasteiger partial charge on any atom is -0.383 e. The average molecular weight is 139 g/mol. The van der Waals surface area contributed by atoms with Gasteiger partial charge in [0.1, 0.15) is 0 Å². The van der Waals surface area contributed by atoms with Gasteiger partial charge in [-0.1, -0.05) is 24.9 Å². The topological polar surface area (TPSA) is 21.6 Å². The number of oxime groups is 1. The van der Waals surface area contributed by atoms with Crippen LogP contribution in [0.3, 0.4) is 0 Å². The van der Waals surface area contributed by atoms with E-state index in [9.17, 15) is 0 Å². The fourth-order valence-corrected chi connectivity index (χ4v) is 0.540. The molecule has 0 aliphatic heterocycles. The fraction of sp³-hybridized carbons (Fsp3) is 0.625. The molecule has 2 heteroatoms. The summed E-state index contributed by atoms with van der Waals surface area (Å²) in [6.07, 6.45) is 6.82. The lowest BCUT2D eigenvalue weighted by atomic mass is 10.2. The third-order valence-corrected chi connectivity index (χ3v) is 1.16. The van der Waals surface area contributed by atoms with Crippen LogP contribution in [-0.4, -0.2) is 12.3 Å². The van der Waals surface area contributed by atoms with Crippen LogP contribution in [0.25, 0.3) is 0 Å². The van der Waals surface area contributed by atoms with Crippen molar-refractivity contribution in [1.29, 1.82) is 0 Å². The summed E-state index contributed by atoms with van der Waals surface area (Å²) in [4.78, 5) is 4.78. The summed E-state index contributed by atoms with van der Waals surface area (Å²) in [6.45, 7) is 4.35. The Morgan fingerprint density at radius 1 is 1.50 bits per heavy atom. The normalized spacial score (nSPS) is 8.10. The molecule has 0 fully saturated rings. The maximum atomic E-state index is 4.95. The molecule has 0 radical (unpaired) electrons. The number of hydrogen-bond acceptors (Lipinski definition) is 2. The molecule has 0 rings (SSSR count). The van der Waals surface area contributed by atoms with Crippen molar-refractivity contribution in [3.63, 3.8) is 0 Å². The summed E-state index contributed by atoms with van der Waals surface area (Å²) in [5.74, 6) is 2.34. The lowest BCUT2D eigenvalue weighted by molar-refractivity contribution is 0.178. The molecule has 0 N–H and O–H groups in total. The molecule has 0 heterocycles. The first-order chi connectivity index (χ1) is 4.85. The quantitative estimate of drug-likeness (QED) is 0.252. The molecular weight excluding hydrogens is 126 g/mol. The highest BCUT2D eigenvalue weighted by molar-refractivity contribution is 5.83. The summed E-state index contributed by atoms with van der Waals surface area (Å²) in [7, 11) is 0. The van der Waals surface area contributed by atoms with Crippen molar-refractivity contribution in [1.82, 2.24) is 0 Å². The molecule has 0 aromatic rings. The molecule has 0 unspecified atom stereocenters. The zero-order chi connectivity index (χ0) is 7.82. The molecule has 56 valence electrons. The van der Waals surface area contributed by atoms with Gasteiger partial charge in [-0.2, -0.15) is 0 Å². The van der Waals surface area contributed by atoms with Gasteiger partial charge in [-0.15, -0.1) is 6.42 Å². The zero-order valence-electron chi connectivity index (χ0n) is 6.55. The largest absolute Gasteiger partial charge is 0.383 e. The summed E-state index contributed by atoms with van der Waals surface area (Å²) in [5.41, 5.74) is 1.05. The van der Waals surface area contributed by atoms with Gasteiger partial charge in [0.15, 0.2) is 6.61 Å². The van der Waals surface area contributed by atoms with E-state index in [0.717, 1.165) is 18.6 Å². The first kappa shape index (κ1) is 9.03. The summed E-state index contributed by atoms with van der Waals surface area (Å²) in [5, 5.41) is 3.82. The Labute approximate surface area is 62.3 Å². The molecule has 10 heavy (non-hydrogen) atoms. The van der Waals surface area contributed by atoms with Crippen molar-refractivity contribution in [2.45, 2.75) is 26.7 Å². The third-order valence-electron chi connectivity index (χ3n) is 1.16. The molecule has 0 aromatic heterocycles. The Morgan fingerprint density at radius 3 is 2.50 bits per heavy atom. The second-order valence-electron chi connectivity index (χ2n) is 1.84. The Balaban J connectivity index is 3.55. The predicted molar refractivity (Wildman–Crippen MR) is 42.8 cm³/mol. The highest BCUT2D eigenvalue weighted by Crippen LogP contribution is 1.91. The zero-order valence-corrected chi connectivity index (χ0v) is 6.55. The van der Waals surface area contributed by atoms with Crippen molar-refractivity contribution in [3.05, 3.63) is 0 Å². The molecule has 0 saturated carbocycles. The summed E-state index contributed by atoms with van der Waals surface area (Å²) < 4.78 is 0. The molecule has 0 saturated heterocycles. The highest BCUT2D eigenvalue weighted by Gasteiger charge is 1.89. The fourth-order valence-electron chi connectivity index (χ4n) is 0.540. The van der Waals surface area contributed by atoms with E-state index in [-0.39, 0.29) is 6.61 Å². The molecule has 0 aliphatic carbocycles. The van der Waals surface area contributed by atoms with Gasteiger partial charge in [-0.3, -0.25) is 0 Å². The van der Waals surface area contributed by atoms with E-state index in [4.69, 9.17) is 11.3 Å². The van der Waals surface area contributed by atoms with Gasteiger partial charge in [-0.05, 0) is 12.8 Å². The molecule has 0 spiro atoms. The van der Waals surface area contributed by atoms with E-state index in [1.54, 1.807) is 0 Å². The van der Waals surface area contributed by atoms with Gasteiger partial charge in [0.05, 0.1) is 5.71 Å². The van der Waals surface area contributed by atoms with Crippen molar-refractivity contribution >= 4 is 5.71 Å². The molecule has 0 amide bonds. The van der Waals surface area contributed by atoms with E-state index in [1.165, 1.54) is 0 Å². The maximum Gasteiger partial charge on any atom is 0.177 e. The van der Waals surface area contributed by atoms with Crippen LogP contribution >= 0.6 is 0 Å². The minimum absolute atomic E-state index is 0.267. The highest BCUT2D eigenvalue weighted by atomic mass is 16.6. The molecule has 2 nitrogen and oxygen atoms in total. The van der Waals surface area contributed by atoms with Crippen molar-refractivity contribution < 1.29 is 4.84 Å².